The highest BCUT2D eigenvalue weighted by Crippen LogP contribution is 2.24. The fourth-order valence-corrected chi connectivity index (χ4v) is 1.49. The summed E-state index contributed by atoms with van der Waals surface area (Å²) in [6.45, 7) is 3.74. The van der Waals surface area contributed by atoms with Crippen LogP contribution in [0.15, 0.2) is 6.07 Å². The second-order valence-corrected chi connectivity index (χ2v) is 3.93. The fourth-order valence-electron chi connectivity index (χ4n) is 1.16. The molecule has 2 amide bonds. The number of hydrogen-bond donors (Lipinski definition) is 1. The summed E-state index contributed by atoms with van der Waals surface area (Å²) in [5, 5.41) is 3.02. The molecule has 0 saturated heterocycles. The number of amides is 2. The Balaban J connectivity index is 3.00. The molecular formula is C10H14ClN3O. The lowest BCUT2D eigenvalue weighted by molar-refractivity contribution is 0.230. The van der Waals surface area contributed by atoms with Crippen molar-refractivity contribution < 1.29 is 4.79 Å². The first kappa shape index (κ1) is 11.8. The highest BCUT2D eigenvalue weighted by molar-refractivity contribution is 6.32. The number of rotatable bonds is 1. The highest BCUT2D eigenvalue weighted by Gasteiger charge is 2.11. The van der Waals surface area contributed by atoms with E-state index in [1.165, 1.54) is 4.90 Å². The van der Waals surface area contributed by atoms with Crippen molar-refractivity contribution in [2.75, 3.05) is 19.4 Å². The average Bonchev–Trinajstić information content (AvgIpc) is 2.10. The summed E-state index contributed by atoms with van der Waals surface area (Å²) in [6.07, 6.45) is 0. The molecule has 0 saturated carbocycles. The number of halogens is 1. The van der Waals surface area contributed by atoms with E-state index in [0.717, 1.165) is 11.3 Å². The quantitative estimate of drug-likeness (QED) is 0.749. The van der Waals surface area contributed by atoms with Gasteiger partial charge in [-0.25, -0.2) is 9.78 Å². The third kappa shape index (κ3) is 2.83. The van der Waals surface area contributed by atoms with Gasteiger partial charge in [-0.15, -0.1) is 0 Å². The number of nitrogens with one attached hydrogen (secondary N) is 1. The molecule has 82 valence electrons. The second kappa shape index (κ2) is 4.49. The van der Waals surface area contributed by atoms with Gasteiger partial charge < -0.3 is 10.2 Å². The Morgan fingerprint density at radius 1 is 1.47 bits per heavy atom. The number of carbonyl (C=O) groups excluding carboxylic acids is 1. The SMILES string of the molecule is Cc1cc(C)c(NC(=O)N(C)C)c(Cl)n1. The Morgan fingerprint density at radius 3 is 2.53 bits per heavy atom. The van der Waals surface area contributed by atoms with Crippen molar-refractivity contribution in [1.29, 1.82) is 0 Å². The number of urea groups is 1. The molecule has 1 N–H and O–H groups in total. The van der Waals surface area contributed by atoms with Crippen LogP contribution in [0.3, 0.4) is 0 Å². The van der Waals surface area contributed by atoms with Crippen LogP contribution in [0.2, 0.25) is 5.15 Å². The minimum absolute atomic E-state index is 0.217. The molecule has 0 spiro atoms. The van der Waals surface area contributed by atoms with E-state index in [0.29, 0.717) is 10.8 Å². The molecule has 0 aliphatic carbocycles. The number of carbonyl (C=O) groups is 1. The lowest BCUT2D eigenvalue weighted by Gasteiger charge is -2.14. The Bertz CT molecular complexity index is 367. The Labute approximate surface area is 94.3 Å². The van der Waals surface area contributed by atoms with Crippen LogP contribution in [-0.2, 0) is 0 Å². The van der Waals surface area contributed by atoms with Gasteiger partial charge in [-0.3, -0.25) is 0 Å². The first-order valence-electron chi connectivity index (χ1n) is 4.54. The summed E-state index contributed by atoms with van der Waals surface area (Å²) in [6, 6.07) is 1.66. The lowest BCUT2D eigenvalue weighted by atomic mass is 10.2. The van der Waals surface area contributed by atoms with Gasteiger partial charge in [0.05, 0.1) is 5.69 Å². The maximum Gasteiger partial charge on any atom is 0.321 e. The normalized spacial score (nSPS) is 9.93. The van der Waals surface area contributed by atoms with Crippen molar-refractivity contribution in [3.05, 3.63) is 22.5 Å². The number of nitrogens with zero attached hydrogens (tertiary/aromatic N) is 2. The van der Waals surface area contributed by atoms with Crippen molar-refractivity contribution in [2.24, 2.45) is 0 Å². The summed E-state index contributed by atoms with van der Waals surface area (Å²) in [5.74, 6) is 0. The monoisotopic (exact) mass is 227 g/mol. The maximum absolute atomic E-state index is 11.4. The molecule has 1 rings (SSSR count). The van der Waals surface area contributed by atoms with Gasteiger partial charge in [0.2, 0.25) is 0 Å². The van der Waals surface area contributed by atoms with Crippen LogP contribution in [0.1, 0.15) is 11.3 Å². The summed E-state index contributed by atoms with van der Waals surface area (Å²) in [4.78, 5) is 16.9. The molecule has 1 aromatic heterocycles. The van der Waals surface area contributed by atoms with E-state index in [1.807, 2.05) is 19.9 Å². The summed E-state index contributed by atoms with van der Waals surface area (Å²) < 4.78 is 0. The maximum atomic E-state index is 11.4. The van der Waals surface area contributed by atoms with E-state index in [-0.39, 0.29) is 6.03 Å². The lowest BCUT2D eigenvalue weighted by Crippen LogP contribution is -2.27. The van der Waals surface area contributed by atoms with Crippen molar-refractivity contribution in [3.63, 3.8) is 0 Å². The minimum Gasteiger partial charge on any atom is -0.331 e. The molecule has 0 fully saturated rings. The number of aryl methyl sites for hydroxylation is 2. The second-order valence-electron chi connectivity index (χ2n) is 3.57. The van der Waals surface area contributed by atoms with E-state index in [1.54, 1.807) is 14.1 Å². The third-order valence-corrected chi connectivity index (χ3v) is 2.21. The molecule has 0 aromatic carbocycles. The Hall–Kier alpha value is -1.29. The highest BCUT2D eigenvalue weighted by atomic mass is 35.5. The molecule has 15 heavy (non-hydrogen) atoms. The van der Waals surface area contributed by atoms with E-state index in [4.69, 9.17) is 11.6 Å². The van der Waals surface area contributed by atoms with E-state index >= 15 is 0 Å². The van der Waals surface area contributed by atoms with Crippen LogP contribution in [0.5, 0.6) is 0 Å². The van der Waals surface area contributed by atoms with Gasteiger partial charge in [0.25, 0.3) is 0 Å². The summed E-state index contributed by atoms with van der Waals surface area (Å²) >= 11 is 5.94. The summed E-state index contributed by atoms with van der Waals surface area (Å²) in [5.41, 5.74) is 2.31. The molecule has 1 heterocycles. The fraction of sp³-hybridized carbons (Fsp3) is 0.400. The molecule has 0 aliphatic heterocycles. The predicted molar refractivity (Wildman–Crippen MR) is 61.4 cm³/mol. The molecule has 0 radical (unpaired) electrons. The molecule has 4 nitrogen and oxygen atoms in total. The largest absolute Gasteiger partial charge is 0.331 e. The summed E-state index contributed by atoms with van der Waals surface area (Å²) in [7, 11) is 3.33. The van der Waals surface area contributed by atoms with Gasteiger partial charge in [-0.2, -0.15) is 0 Å². The van der Waals surface area contributed by atoms with Gasteiger partial charge in [0.15, 0.2) is 5.15 Å². The third-order valence-electron chi connectivity index (χ3n) is 1.94. The van der Waals surface area contributed by atoms with Crippen LogP contribution >= 0.6 is 11.6 Å². The number of pyridine rings is 1. The van der Waals surface area contributed by atoms with Crippen LogP contribution in [0.25, 0.3) is 0 Å². The number of hydrogen-bond acceptors (Lipinski definition) is 2. The van der Waals surface area contributed by atoms with Crippen LogP contribution in [0.4, 0.5) is 10.5 Å². The van der Waals surface area contributed by atoms with Crippen LogP contribution < -0.4 is 5.32 Å². The standard InChI is InChI=1S/C10H14ClN3O/c1-6-5-7(2)12-9(11)8(6)13-10(15)14(3)4/h5H,1-4H3,(H,13,15). The molecule has 0 unspecified atom stereocenters. The Kier molecular flexibility index (Phi) is 3.52. The first-order valence-corrected chi connectivity index (χ1v) is 4.91. The molecular weight excluding hydrogens is 214 g/mol. The van der Waals surface area contributed by atoms with Crippen molar-refractivity contribution in [2.45, 2.75) is 13.8 Å². The van der Waals surface area contributed by atoms with Crippen LogP contribution in [-0.4, -0.2) is 30.0 Å². The van der Waals surface area contributed by atoms with Crippen molar-refractivity contribution in [3.8, 4) is 0 Å². The predicted octanol–water partition coefficient (Wildman–Crippen LogP) is 2.45. The zero-order valence-electron chi connectivity index (χ0n) is 9.26. The average molecular weight is 228 g/mol. The number of aromatic nitrogens is 1. The number of anilines is 1. The van der Waals surface area contributed by atoms with Gasteiger partial charge in [-0.1, -0.05) is 11.6 Å². The molecule has 0 bridgehead atoms. The van der Waals surface area contributed by atoms with Crippen molar-refractivity contribution >= 4 is 23.3 Å². The molecule has 1 aromatic rings. The molecule has 0 atom stereocenters. The van der Waals surface area contributed by atoms with Gasteiger partial charge >= 0.3 is 6.03 Å². The smallest absolute Gasteiger partial charge is 0.321 e. The first-order chi connectivity index (χ1) is 6.91. The van der Waals surface area contributed by atoms with Crippen molar-refractivity contribution in [1.82, 2.24) is 9.88 Å². The van der Waals surface area contributed by atoms with E-state index < -0.39 is 0 Å². The molecule has 5 heteroatoms. The molecule has 0 aliphatic rings. The zero-order chi connectivity index (χ0) is 11.6. The Morgan fingerprint density at radius 2 is 2.07 bits per heavy atom. The van der Waals surface area contributed by atoms with Gasteiger partial charge in [0.1, 0.15) is 0 Å². The van der Waals surface area contributed by atoms with Gasteiger partial charge in [-0.05, 0) is 25.5 Å². The topological polar surface area (TPSA) is 45.2 Å². The van der Waals surface area contributed by atoms with E-state index in [2.05, 4.69) is 10.3 Å². The van der Waals surface area contributed by atoms with Crippen LogP contribution in [0, 0.1) is 13.8 Å². The van der Waals surface area contributed by atoms with E-state index in [9.17, 15) is 4.79 Å². The van der Waals surface area contributed by atoms with Gasteiger partial charge in [0, 0.05) is 19.8 Å². The zero-order valence-corrected chi connectivity index (χ0v) is 10.0. The minimum atomic E-state index is -0.217.